The fourth-order valence-corrected chi connectivity index (χ4v) is 3.37. The first-order valence-corrected chi connectivity index (χ1v) is 6.73. The first kappa shape index (κ1) is 12.3. The molecule has 1 saturated carbocycles. The average Bonchev–Trinajstić information content (AvgIpc) is 3.03. The molecule has 1 saturated heterocycles. The lowest BCUT2D eigenvalue weighted by atomic mass is 9.86. The number of nitrogens with two attached hydrogens (primary N) is 1. The molecule has 0 bridgehead atoms. The van der Waals surface area contributed by atoms with Crippen LogP contribution in [-0.2, 0) is 4.74 Å². The van der Waals surface area contributed by atoms with Crippen LogP contribution in [0.15, 0.2) is 0 Å². The van der Waals surface area contributed by atoms with Gasteiger partial charge in [-0.25, -0.2) is 0 Å². The lowest BCUT2D eigenvalue weighted by molar-refractivity contribution is -0.106. The van der Waals surface area contributed by atoms with Crippen LogP contribution in [0.5, 0.6) is 0 Å². The van der Waals surface area contributed by atoms with Gasteiger partial charge in [0.2, 0.25) is 0 Å². The van der Waals surface area contributed by atoms with Crippen molar-refractivity contribution in [2.45, 2.75) is 57.8 Å². The Bertz CT molecular complexity index is 226. The first-order chi connectivity index (χ1) is 7.62. The third-order valence-corrected chi connectivity index (χ3v) is 4.35. The Balaban J connectivity index is 2.12. The van der Waals surface area contributed by atoms with Crippen molar-refractivity contribution >= 4 is 0 Å². The van der Waals surface area contributed by atoms with Crippen molar-refractivity contribution in [3.8, 4) is 0 Å². The van der Waals surface area contributed by atoms with E-state index in [0.29, 0.717) is 12.2 Å². The number of hydrogen-bond acceptors (Lipinski definition) is 3. The molecule has 0 amide bonds. The minimum atomic E-state index is 0.256. The maximum atomic E-state index is 6.10. The van der Waals surface area contributed by atoms with Crippen molar-refractivity contribution < 1.29 is 4.74 Å². The summed E-state index contributed by atoms with van der Waals surface area (Å²) in [5.41, 5.74) is 6.35. The van der Waals surface area contributed by atoms with Crippen LogP contribution in [0.1, 0.15) is 40.0 Å². The highest BCUT2D eigenvalue weighted by Crippen LogP contribution is 2.45. The summed E-state index contributed by atoms with van der Waals surface area (Å²) >= 11 is 0. The Kier molecular flexibility index (Phi) is 3.57. The highest BCUT2D eigenvalue weighted by atomic mass is 16.5. The van der Waals surface area contributed by atoms with Crippen molar-refractivity contribution in [2.75, 3.05) is 19.6 Å². The van der Waals surface area contributed by atoms with Gasteiger partial charge in [0.1, 0.15) is 0 Å². The predicted octanol–water partition coefficient (Wildman–Crippen LogP) is 1.61. The lowest BCUT2D eigenvalue weighted by Gasteiger charge is -2.48. The molecule has 2 fully saturated rings. The molecule has 0 radical (unpaired) electrons. The number of hydrogen-bond donors (Lipinski definition) is 1. The Hall–Kier alpha value is -0.120. The van der Waals surface area contributed by atoms with Gasteiger partial charge in [0.15, 0.2) is 0 Å². The van der Waals surface area contributed by atoms with Gasteiger partial charge in [-0.15, -0.1) is 0 Å². The van der Waals surface area contributed by atoms with Crippen molar-refractivity contribution in [3.05, 3.63) is 0 Å². The van der Waals surface area contributed by atoms with E-state index in [1.54, 1.807) is 0 Å². The topological polar surface area (TPSA) is 38.5 Å². The molecule has 2 aliphatic rings. The summed E-state index contributed by atoms with van der Waals surface area (Å²) in [5.74, 6) is 0.833. The molecule has 2 rings (SSSR count). The Morgan fingerprint density at radius 3 is 2.19 bits per heavy atom. The van der Waals surface area contributed by atoms with Crippen LogP contribution >= 0.6 is 0 Å². The molecule has 94 valence electrons. The van der Waals surface area contributed by atoms with Gasteiger partial charge >= 0.3 is 0 Å². The van der Waals surface area contributed by atoms with Gasteiger partial charge in [-0.2, -0.15) is 0 Å². The van der Waals surface area contributed by atoms with Crippen molar-refractivity contribution in [1.29, 1.82) is 0 Å². The summed E-state index contributed by atoms with van der Waals surface area (Å²) in [4.78, 5) is 2.61. The Labute approximate surface area is 99.3 Å². The Morgan fingerprint density at radius 1 is 1.25 bits per heavy atom. The average molecular weight is 226 g/mol. The van der Waals surface area contributed by atoms with Gasteiger partial charge in [-0.05, 0) is 39.0 Å². The van der Waals surface area contributed by atoms with Crippen LogP contribution in [-0.4, -0.2) is 42.3 Å². The summed E-state index contributed by atoms with van der Waals surface area (Å²) in [6.07, 6.45) is 4.60. The quantitative estimate of drug-likeness (QED) is 0.791. The molecule has 0 aromatic heterocycles. The van der Waals surface area contributed by atoms with Gasteiger partial charge in [-0.1, -0.05) is 6.92 Å². The van der Waals surface area contributed by atoms with E-state index in [1.165, 1.54) is 19.3 Å². The highest BCUT2D eigenvalue weighted by molar-refractivity contribution is 5.04. The van der Waals surface area contributed by atoms with Gasteiger partial charge in [0, 0.05) is 25.2 Å². The monoisotopic (exact) mass is 226 g/mol. The zero-order valence-corrected chi connectivity index (χ0v) is 10.9. The van der Waals surface area contributed by atoms with Crippen LogP contribution in [0, 0.1) is 5.92 Å². The number of nitrogens with zero attached hydrogens (tertiary/aromatic N) is 1. The maximum absolute atomic E-state index is 6.10. The zero-order chi connectivity index (χ0) is 11.8. The summed E-state index contributed by atoms with van der Waals surface area (Å²) < 4.78 is 5.82. The van der Waals surface area contributed by atoms with Crippen LogP contribution in [0.3, 0.4) is 0 Å². The summed E-state index contributed by atoms with van der Waals surface area (Å²) in [6.45, 7) is 9.53. The number of morpholine rings is 1. The molecule has 1 aliphatic carbocycles. The molecule has 1 heterocycles. The number of ether oxygens (including phenoxy) is 1. The largest absolute Gasteiger partial charge is 0.373 e. The molecule has 0 aromatic rings. The first-order valence-electron chi connectivity index (χ1n) is 6.73. The van der Waals surface area contributed by atoms with E-state index in [2.05, 4.69) is 25.7 Å². The second-order valence-electron chi connectivity index (χ2n) is 5.60. The summed E-state index contributed by atoms with van der Waals surface area (Å²) in [7, 11) is 0. The van der Waals surface area contributed by atoms with E-state index in [4.69, 9.17) is 10.5 Å². The van der Waals surface area contributed by atoms with Gasteiger partial charge in [0.25, 0.3) is 0 Å². The maximum Gasteiger partial charge on any atom is 0.0678 e. The van der Waals surface area contributed by atoms with Crippen LogP contribution in [0.2, 0.25) is 0 Å². The van der Waals surface area contributed by atoms with Crippen molar-refractivity contribution in [2.24, 2.45) is 11.7 Å². The van der Waals surface area contributed by atoms with Gasteiger partial charge < -0.3 is 10.5 Å². The third-order valence-electron chi connectivity index (χ3n) is 4.35. The zero-order valence-electron chi connectivity index (χ0n) is 10.9. The second kappa shape index (κ2) is 4.63. The Morgan fingerprint density at radius 2 is 1.81 bits per heavy atom. The molecule has 3 heteroatoms. The molecular formula is C13H26N2O. The van der Waals surface area contributed by atoms with Gasteiger partial charge in [0.05, 0.1) is 12.2 Å². The summed E-state index contributed by atoms with van der Waals surface area (Å²) in [5, 5.41) is 0. The normalized spacial score (nSPS) is 36.0. The van der Waals surface area contributed by atoms with Crippen molar-refractivity contribution in [3.63, 3.8) is 0 Å². The molecule has 3 nitrogen and oxygen atoms in total. The molecule has 16 heavy (non-hydrogen) atoms. The highest BCUT2D eigenvalue weighted by Gasteiger charge is 2.48. The third kappa shape index (κ3) is 2.13. The van der Waals surface area contributed by atoms with E-state index >= 15 is 0 Å². The molecular weight excluding hydrogens is 200 g/mol. The molecule has 3 atom stereocenters. The fraction of sp³-hybridized carbons (Fsp3) is 1.00. The van der Waals surface area contributed by atoms with E-state index in [0.717, 1.165) is 25.6 Å². The molecule has 1 aliphatic heterocycles. The van der Waals surface area contributed by atoms with E-state index in [9.17, 15) is 0 Å². The molecule has 3 unspecified atom stereocenters. The smallest absolute Gasteiger partial charge is 0.0678 e. The van der Waals surface area contributed by atoms with E-state index in [-0.39, 0.29) is 5.54 Å². The van der Waals surface area contributed by atoms with Crippen LogP contribution in [0.25, 0.3) is 0 Å². The standard InChI is InChI=1S/C13H26N2O/c1-4-13(9-14,12-5-6-12)15-7-10(2)16-11(3)8-15/h10-12H,4-9,14H2,1-3H3. The number of rotatable bonds is 4. The molecule has 0 aromatic carbocycles. The van der Waals surface area contributed by atoms with Gasteiger partial charge in [-0.3, -0.25) is 4.90 Å². The summed E-state index contributed by atoms with van der Waals surface area (Å²) in [6, 6.07) is 0. The van der Waals surface area contributed by atoms with E-state index in [1.807, 2.05) is 0 Å². The van der Waals surface area contributed by atoms with Crippen LogP contribution < -0.4 is 5.73 Å². The van der Waals surface area contributed by atoms with Crippen molar-refractivity contribution in [1.82, 2.24) is 4.90 Å². The fourth-order valence-electron chi connectivity index (χ4n) is 3.37. The second-order valence-corrected chi connectivity index (χ2v) is 5.60. The minimum absolute atomic E-state index is 0.256. The molecule has 0 spiro atoms. The SMILES string of the molecule is CCC(CN)(C1CC1)N1CC(C)OC(C)C1. The van der Waals surface area contributed by atoms with Crippen LogP contribution in [0.4, 0.5) is 0 Å². The lowest BCUT2D eigenvalue weighted by Crippen LogP contribution is -2.61. The van der Waals surface area contributed by atoms with E-state index < -0.39 is 0 Å². The molecule has 2 N–H and O–H groups in total. The predicted molar refractivity (Wildman–Crippen MR) is 66.4 cm³/mol. The minimum Gasteiger partial charge on any atom is -0.373 e.